The molecule has 0 spiro atoms. The molecule has 0 aliphatic rings. The van der Waals surface area contributed by atoms with Crippen molar-refractivity contribution in [3.63, 3.8) is 0 Å². The highest BCUT2D eigenvalue weighted by atomic mass is 32.2. The van der Waals surface area contributed by atoms with E-state index in [1.54, 1.807) is 18.3 Å². The van der Waals surface area contributed by atoms with Gasteiger partial charge in [0.25, 0.3) is 0 Å². The van der Waals surface area contributed by atoms with Crippen LogP contribution in [0.1, 0.15) is 6.92 Å². The van der Waals surface area contributed by atoms with E-state index in [4.69, 9.17) is 5.14 Å². The molecule has 3 aromatic rings. The molecule has 0 fully saturated rings. The Morgan fingerprint density at radius 3 is 2.65 bits per heavy atom. The lowest BCUT2D eigenvalue weighted by molar-refractivity contribution is -0.115. The number of primary sulfonamides is 1. The Morgan fingerprint density at radius 1 is 1.31 bits per heavy atom. The van der Waals surface area contributed by atoms with Gasteiger partial charge in [0.15, 0.2) is 5.82 Å². The van der Waals surface area contributed by atoms with Gasteiger partial charge in [-0.3, -0.25) is 9.89 Å². The summed E-state index contributed by atoms with van der Waals surface area (Å²) in [7, 11) is -3.76. The Balaban J connectivity index is 1.61. The van der Waals surface area contributed by atoms with Crippen LogP contribution in [0.25, 0.3) is 10.7 Å². The zero-order chi connectivity index (χ0) is 18.7. The zero-order valence-corrected chi connectivity index (χ0v) is 16.0. The van der Waals surface area contributed by atoms with Crippen LogP contribution in [-0.2, 0) is 14.8 Å². The molecule has 0 unspecified atom stereocenters. The van der Waals surface area contributed by atoms with Gasteiger partial charge in [0.1, 0.15) is 0 Å². The van der Waals surface area contributed by atoms with Crippen LogP contribution in [-0.4, -0.2) is 34.8 Å². The van der Waals surface area contributed by atoms with Gasteiger partial charge in [0.05, 0.1) is 15.0 Å². The van der Waals surface area contributed by atoms with Crippen molar-refractivity contribution in [3.05, 3.63) is 41.8 Å². The smallest absolute Gasteiger partial charge is 0.238 e. The molecule has 1 atom stereocenters. The Kier molecular flexibility index (Phi) is 5.41. The van der Waals surface area contributed by atoms with Gasteiger partial charge >= 0.3 is 0 Å². The summed E-state index contributed by atoms with van der Waals surface area (Å²) >= 11 is 2.76. The molecule has 0 aliphatic carbocycles. The molecule has 1 amide bonds. The number of aromatic amines is 1. The van der Waals surface area contributed by atoms with Crippen molar-refractivity contribution in [2.45, 2.75) is 22.2 Å². The average Bonchev–Trinajstić information content (AvgIpc) is 3.25. The Bertz CT molecular complexity index is 998. The summed E-state index contributed by atoms with van der Waals surface area (Å²) in [5.41, 5.74) is 0.476. The Hall–Kier alpha value is -2.21. The van der Waals surface area contributed by atoms with E-state index in [1.165, 1.54) is 36.0 Å². The van der Waals surface area contributed by atoms with E-state index in [1.807, 2.05) is 17.5 Å². The molecule has 0 saturated carbocycles. The van der Waals surface area contributed by atoms with Crippen LogP contribution in [0.15, 0.2) is 51.8 Å². The number of H-pyrrole nitrogens is 1. The quantitative estimate of drug-likeness (QED) is 0.535. The van der Waals surface area contributed by atoms with Crippen LogP contribution in [0.2, 0.25) is 0 Å². The van der Waals surface area contributed by atoms with Gasteiger partial charge in [0.2, 0.25) is 21.1 Å². The summed E-state index contributed by atoms with van der Waals surface area (Å²) in [5, 5.41) is 16.7. The molecule has 26 heavy (non-hydrogen) atoms. The van der Waals surface area contributed by atoms with Crippen molar-refractivity contribution in [2.75, 3.05) is 5.32 Å². The van der Waals surface area contributed by atoms with Gasteiger partial charge in [-0.1, -0.05) is 17.8 Å². The average molecular weight is 410 g/mol. The fraction of sp³-hybridized carbons (Fsp3) is 0.133. The summed E-state index contributed by atoms with van der Waals surface area (Å²) in [6, 6.07) is 9.50. The standard InChI is InChI=1S/C15H15N5O3S3/c1-9(25-15-18-13(19-20-15)12-3-2-8-24-12)14(21)17-10-4-6-11(7-5-10)26(16,22)23/h2-9H,1H3,(H,17,21)(H2,16,22,23)(H,18,19,20)/t9-/m1/s1. The highest BCUT2D eigenvalue weighted by Crippen LogP contribution is 2.25. The molecule has 4 N–H and O–H groups in total. The Morgan fingerprint density at radius 2 is 2.04 bits per heavy atom. The molecule has 0 aliphatic heterocycles. The Labute approximate surface area is 158 Å². The molecule has 3 rings (SSSR count). The summed E-state index contributed by atoms with van der Waals surface area (Å²) in [5.74, 6) is 0.412. The van der Waals surface area contributed by atoms with Crippen molar-refractivity contribution in [2.24, 2.45) is 5.14 Å². The van der Waals surface area contributed by atoms with E-state index in [2.05, 4.69) is 20.5 Å². The molecule has 0 radical (unpaired) electrons. The van der Waals surface area contributed by atoms with Crippen LogP contribution in [0.3, 0.4) is 0 Å². The zero-order valence-electron chi connectivity index (χ0n) is 13.5. The van der Waals surface area contributed by atoms with Gasteiger partial charge < -0.3 is 5.32 Å². The van der Waals surface area contributed by atoms with E-state index in [0.29, 0.717) is 16.7 Å². The maximum Gasteiger partial charge on any atom is 0.238 e. The summed E-state index contributed by atoms with van der Waals surface area (Å²) in [6.07, 6.45) is 0. The molecular formula is C15H15N5O3S3. The van der Waals surface area contributed by atoms with Crippen LogP contribution >= 0.6 is 23.1 Å². The van der Waals surface area contributed by atoms with Crippen LogP contribution < -0.4 is 10.5 Å². The summed E-state index contributed by atoms with van der Waals surface area (Å²) in [4.78, 5) is 17.6. The van der Waals surface area contributed by atoms with Crippen molar-refractivity contribution in [1.82, 2.24) is 15.2 Å². The second kappa shape index (κ2) is 7.58. The lowest BCUT2D eigenvalue weighted by Gasteiger charge is -2.10. The molecule has 0 bridgehead atoms. The molecule has 0 saturated heterocycles. The number of sulfonamides is 1. The predicted octanol–water partition coefficient (Wildman–Crippen LogP) is 2.30. The highest BCUT2D eigenvalue weighted by molar-refractivity contribution is 8.00. The lowest BCUT2D eigenvalue weighted by atomic mass is 10.3. The van der Waals surface area contributed by atoms with Crippen molar-refractivity contribution < 1.29 is 13.2 Å². The number of hydrogen-bond donors (Lipinski definition) is 3. The topological polar surface area (TPSA) is 131 Å². The van der Waals surface area contributed by atoms with E-state index in [9.17, 15) is 13.2 Å². The molecular weight excluding hydrogens is 394 g/mol. The third-order valence-electron chi connectivity index (χ3n) is 3.32. The maximum atomic E-state index is 12.3. The fourth-order valence-corrected chi connectivity index (χ4v) is 3.91. The number of carbonyl (C=O) groups is 1. The molecule has 2 aromatic heterocycles. The van der Waals surface area contributed by atoms with Crippen LogP contribution in [0, 0.1) is 0 Å². The number of benzene rings is 1. The number of nitrogens with one attached hydrogen (secondary N) is 2. The highest BCUT2D eigenvalue weighted by Gasteiger charge is 2.18. The number of anilines is 1. The van der Waals surface area contributed by atoms with Crippen molar-refractivity contribution >= 4 is 44.7 Å². The lowest BCUT2D eigenvalue weighted by Crippen LogP contribution is -2.22. The number of aromatic nitrogens is 3. The number of nitrogens with two attached hydrogens (primary N) is 1. The molecule has 8 nitrogen and oxygen atoms in total. The number of carbonyl (C=O) groups excluding carboxylic acids is 1. The monoisotopic (exact) mass is 409 g/mol. The molecule has 1 aromatic carbocycles. The minimum atomic E-state index is -3.76. The fourth-order valence-electron chi connectivity index (χ4n) is 2.01. The van der Waals surface area contributed by atoms with Gasteiger partial charge in [0, 0.05) is 5.69 Å². The number of thiophene rings is 1. The predicted molar refractivity (Wildman–Crippen MR) is 101 cm³/mol. The van der Waals surface area contributed by atoms with E-state index in [0.717, 1.165) is 4.88 Å². The number of rotatable bonds is 6. The van der Waals surface area contributed by atoms with Gasteiger partial charge in [-0.15, -0.1) is 16.4 Å². The van der Waals surface area contributed by atoms with Crippen LogP contribution in [0.4, 0.5) is 5.69 Å². The minimum Gasteiger partial charge on any atom is -0.325 e. The van der Waals surface area contributed by atoms with Gasteiger partial charge in [-0.2, -0.15) is 0 Å². The largest absolute Gasteiger partial charge is 0.325 e. The normalized spacial score (nSPS) is 12.7. The maximum absolute atomic E-state index is 12.3. The molecule has 11 heteroatoms. The van der Waals surface area contributed by atoms with Crippen molar-refractivity contribution in [3.8, 4) is 10.7 Å². The van der Waals surface area contributed by atoms with E-state index in [-0.39, 0.29) is 10.8 Å². The summed E-state index contributed by atoms with van der Waals surface area (Å²) < 4.78 is 22.5. The number of amides is 1. The van der Waals surface area contributed by atoms with E-state index < -0.39 is 15.3 Å². The summed E-state index contributed by atoms with van der Waals surface area (Å²) in [6.45, 7) is 1.74. The van der Waals surface area contributed by atoms with Crippen LogP contribution in [0.5, 0.6) is 0 Å². The third-order valence-corrected chi connectivity index (χ3v) is 6.09. The molecule has 2 heterocycles. The number of thioether (sulfide) groups is 1. The molecule has 136 valence electrons. The minimum absolute atomic E-state index is 0.0141. The third kappa shape index (κ3) is 4.49. The first-order chi connectivity index (χ1) is 12.3. The van der Waals surface area contributed by atoms with Gasteiger partial charge in [-0.25, -0.2) is 18.5 Å². The first-order valence-corrected chi connectivity index (χ1v) is 10.7. The van der Waals surface area contributed by atoms with E-state index >= 15 is 0 Å². The number of hydrogen-bond acceptors (Lipinski definition) is 7. The van der Waals surface area contributed by atoms with Crippen molar-refractivity contribution in [1.29, 1.82) is 0 Å². The SMILES string of the molecule is C[C@@H](Sc1n[nH]c(-c2cccs2)n1)C(=O)Nc1ccc(S(N)(=O)=O)cc1. The first kappa shape index (κ1) is 18.6. The second-order valence-corrected chi connectivity index (χ2v) is 9.08. The first-order valence-electron chi connectivity index (χ1n) is 7.39. The van der Waals surface area contributed by atoms with Gasteiger partial charge in [-0.05, 0) is 42.6 Å². The number of nitrogens with zero attached hydrogens (tertiary/aromatic N) is 2. The second-order valence-electron chi connectivity index (χ2n) is 5.26.